The summed E-state index contributed by atoms with van der Waals surface area (Å²) in [5, 5.41) is 3.24. The van der Waals surface area contributed by atoms with Crippen molar-refractivity contribution in [2.75, 3.05) is 26.9 Å². The Kier molecular flexibility index (Phi) is 4.22. The molecule has 0 saturated carbocycles. The molecule has 0 spiro atoms. The van der Waals surface area contributed by atoms with Gasteiger partial charge in [0, 0.05) is 32.2 Å². The lowest BCUT2D eigenvalue weighted by molar-refractivity contribution is 0.170. The number of hydrogen-bond acceptors (Lipinski definition) is 4. The molecule has 0 aromatic heterocycles. The largest absolute Gasteiger partial charge is 0.454 e. The molecule has 24 heavy (non-hydrogen) atoms. The lowest BCUT2D eigenvalue weighted by Gasteiger charge is -2.33. The van der Waals surface area contributed by atoms with Gasteiger partial charge in [-0.05, 0) is 43.5 Å². The van der Waals surface area contributed by atoms with Gasteiger partial charge >= 0.3 is 6.03 Å². The van der Waals surface area contributed by atoms with E-state index in [0.29, 0.717) is 12.6 Å². The Hall–Kier alpha value is -1.95. The highest BCUT2D eigenvalue weighted by atomic mass is 16.7. The van der Waals surface area contributed by atoms with Gasteiger partial charge in [0.25, 0.3) is 0 Å². The van der Waals surface area contributed by atoms with E-state index < -0.39 is 0 Å². The Morgan fingerprint density at radius 1 is 1.25 bits per heavy atom. The molecule has 0 unspecified atom stereocenters. The molecule has 1 aromatic carbocycles. The fraction of sp³-hybridized carbons (Fsp3) is 0.611. The van der Waals surface area contributed by atoms with Crippen LogP contribution in [0.5, 0.6) is 11.5 Å². The van der Waals surface area contributed by atoms with E-state index in [1.54, 1.807) is 4.90 Å². The summed E-state index contributed by atoms with van der Waals surface area (Å²) in [4.78, 5) is 16.8. The van der Waals surface area contributed by atoms with Gasteiger partial charge in [-0.3, -0.25) is 4.90 Å². The number of urea groups is 1. The number of rotatable bonds is 3. The van der Waals surface area contributed by atoms with Crippen LogP contribution in [-0.2, 0) is 6.54 Å². The summed E-state index contributed by atoms with van der Waals surface area (Å²) in [6.45, 7) is 3.13. The van der Waals surface area contributed by atoms with Gasteiger partial charge in [-0.2, -0.15) is 0 Å². The molecule has 4 rings (SSSR count). The van der Waals surface area contributed by atoms with Crippen LogP contribution in [0.3, 0.4) is 0 Å². The highest BCUT2D eigenvalue weighted by Gasteiger charge is 2.36. The second kappa shape index (κ2) is 6.51. The molecule has 3 heterocycles. The van der Waals surface area contributed by atoms with Crippen molar-refractivity contribution in [2.45, 2.75) is 44.3 Å². The van der Waals surface area contributed by atoms with Crippen molar-refractivity contribution in [1.82, 2.24) is 15.1 Å². The summed E-state index contributed by atoms with van der Waals surface area (Å²) >= 11 is 0. The number of hydrogen-bond donors (Lipinski definition) is 1. The SMILES string of the molecule is CN(Cc1ccc2c(c1)OCO2)C(=O)N[C@@H]1CCN2CCCC[C@H]12. The van der Waals surface area contributed by atoms with Crippen LogP contribution in [0.25, 0.3) is 0 Å². The maximum absolute atomic E-state index is 12.6. The van der Waals surface area contributed by atoms with Crippen molar-refractivity contribution in [3.05, 3.63) is 23.8 Å². The predicted octanol–water partition coefficient (Wildman–Crippen LogP) is 2.18. The van der Waals surface area contributed by atoms with Gasteiger partial charge in [0.2, 0.25) is 6.79 Å². The normalized spacial score (nSPS) is 25.4. The molecular formula is C18H25N3O3. The minimum Gasteiger partial charge on any atom is -0.454 e. The van der Waals surface area contributed by atoms with Crippen LogP contribution in [0.2, 0.25) is 0 Å². The molecule has 0 bridgehead atoms. The highest BCUT2D eigenvalue weighted by Crippen LogP contribution is 2.33. The number of ether oxygens (including phenoxy) is 2. The molecule has 0 aliphatic carbocycles. The number of fused-ring (bicyclic) bond motifs is 2. The zero-order valence-corrected chi connectivity index (χ0v) is 14.2. The van der Waals surface area contributed by atoms with Crippen LogP contribution in [0.4, 0.5) is 4.79 Å². The zero-order valence-electron chi connectivity index (χ0n) is 14.2. The van der Waals surface area contributed by atoms with Crippen LogP contribution in [0.1, 0.15) is 31.2 Å². The van der Waals surface area contributed by atoms with Crippen LogP contribution in [0, 0.1) is 0 Å². The monoisotopic (exact) mass is 331 g/mol. The summed E-state index contributed by atoms with van der Waals surface area (Å²) in [6, 6.07) is 6.66. The molecule has 2 amide bonds. The molecule has 3 aliphatic rings. The van der Waals surface area contributed by atoms with E-state index in [0.717, 1.165) is 30.0 Å². The first-order valence-electron chi connectivity index (χ1n) is 8.85. The predicted molar refractivity (Wildman–Crippen MR) is 90.2 cm³/mol. The zero-order chi connectivity index (χ0) is 16.5. The van der Waals surface area contributed by atoms with Gasteiger partial charge in [-0.15, -0.1) is 0 Å². The smallest absolute Gasteiger partial charge is 0.317 e. The van der Waals surface area contributed by atoms with Crippen molar-refractivity contribution in [3.8, 4) is 11.5 Å². The number of benzene rings is 1. The molecule has 2 fully saturated rings. The number of nitrogens with zero attached hydrogens (tertiary/aromatic N) is 2. The third kappa shape index (κ3) is 3.02. The van der Waals surface area contributed by atoms with Crippen molar-refractivity contribution in [1.29, 1.82) is 0 Å². The van der Waals surface area contributed by atoms with Crippen LogP contribution < -0.4 is 14.8 Å². The summed E-state index contributed by atoms with van der Waals surface area (Å²) in [6.07, 6.45) is 4.84. The van der Waals surface area contributed by atoms with E-state index >= 15 is 0 Å². The topological polar surface area (TPSA) is 54.0 Å². The minimum atomic E-state index is 0.00471. The minimum absolute atomic E-state index is 0.00471. The second-order valence-electron chi connectivity index (χ2n) is 6.99. The fourth-order valence-electron chi connectivity index (χ4n) is 4.07. The standard InChI is InChI=1S/C18H25N3O3/c1-20(11-13-5-6-16-17(10-13)24-12-23-16)18(22)19-14-7-9-21-8-3-2-4-15(14)21/h5-6,10,14-15H,2-4,7-9,11-12H2,1H3,(H,19,22)/t14-,15-/m1/s1. The van der Waals surface area contributed by atoms with E-state index in [4.69, 9.17) is 9.47 Å². The summed E-state index contributed by atoms with van der Waals surface area (Å²) in [5.41, 5.74) is 1.04. The number of piperidine rings is 1. The Labute approximate surface area is 142 Å². The van der Waals surface area contributed by atoms with Gasteiger partial charge in [0.15, 0.2) is 11.5 Å². The molecule has 0 radical (unpaired) electrons. The lowest BCUT2D eigenvalue weighted by atomic mass is 9.99. The van der Waals surface area contributed by atoms with E-state index in [2.05, 4.69) is 10.2 Å². The van der Waals surface area contributed by atoms with Gasteiger partial charge < -0.3 is 19.7 Å². The number of carbonyl (C=O) groups is 1. The molecular weight excluding hydrogens is 306 g/mol. The fourth-order valence-corrected chi connectivity index (χ4v) is 4.07. The number of amides is 2. The van der Waals surface area contributed by atoms with Gasteiger partial charge in [0.1, 0.15) is 0 Å². The van der Waals surface area contributed by atoms with Gasteiger partial charge in [0.05, 0.1) is 0 Å². The van der Waals surface area contributed by atoms with Crippen molar-refractivity contribution >= 4 is 6.03 Å². The molecule has 6 heteroatoms. The number of carbonyl (C=O) groups excluding carboxylic acids is 1. The number of nitrogens with one attached hydrogen (secondary N) is 1. The first kappa shape index (κ1) is 15.6. The maximum atomic E-state index is 12.6. The molecule has 6 nitrogen and oxygen atoms in total. The molecule has 2 saturated heterocycles. The molecule has 2 atom stereocenters. The molecule has 130 valence electrons. The van der Waals surface area contributed by atoms with E-state index in [9.17, 15) is 4.79 Å². The van der Waals surface area contributed by atoms with Crippen LogP contribution in [0.15, 0.2) is 18.2 Å². The lowest BCUT2D eigenvalue weighted by Crippen LogP contribution is -2.49. The average molecular weight is 331 g/mol. The third-order valence-electron chi connectivity index (χ3n) is 5.37. The highest BCUT2D eigenvalue weighted by molar-refractivity contribution is 5.74. The van der Waals surface area contributed by atoms with E-state index in [-0.39, 0.29) is 18.9 Å². The summed E-state index contributed by atoms with van der Waals surface area (Å²) in [7, 11) is 1.84. The van der Waals surface area contributed by atoms with Crippen LogP contribution >= 0.6 is 0 Å². The van der Waals surface area contributed by atoms with Gasteiger partial charge in [-0.1, -0.05) is 12.5 Å². The van der Waals surface area contributed by atoms with Crippen molar-refractivity contribution in [2.24, 2.45) is 0 Å². The Morgan fingerprint density at radius 3 is 3.04 bits per heavy atom. The molecule has 1 N–H and O–H groups in total. The average Bonchev–Trinajstić information content (AvgIpc) is 3.21. The molecule has 1 aromatic rings. The second-order valence-corrected chi connectivity index (χ2v) is 6.99. The first-order chi connectivity index (χ1) is 11.7. The van der Waals surface area contributed by atoms with E-state index in [1.165, 1.54) is 25.8 Å². The first-order valence-corrected chi connectivity index (χ1v) is 8.85. The Balaban J connectivity index is 1.34. The van der Waals surface area contributed by atoms with Crippen molar-refractivity contribution in [3.63, 3.8) is 0 Å². The molecule has 3 aliphatic heterocycles. The third-order valence-corrected chi connectivity index (χ3v) is 5.37. The quantitative estimate of drug-likeness (QED) is 0.922. The summed E-state index contributed by atoms with van der Waals surface area (Å²) in [5.74, 6) is 1.53. The van der Waals surface area contributed by atoms with Crippen molar-refractivity contribution < 1.29 is 14.3 Å². The summed E-state index contributed by atoms with van der Waals surface area (Å²) < 4.78 is 10.7. The van der Waals surface area contributed by atoms with Gasteiger partial charge in [-0.25, -0.2) is 4.79 Å². The Morgan fingerprint density at radius 2 is 2.12 bits per heavy atom. The van der Waals surface area contributed by atoms with E-state index in [1.807, 2.05) is 25.2 Å². The Bertz CT molecular complexity index is 622. The maximum Gasteiger partial charge on any atom is 0.317 e. The van der Waals surface area contributed by atoms with Crippen LogP contribution in [-0.4, -0.2) is 54.8 Å².